The van der Waals surface area contributed by atoms with Gasteiger partial charge in [0, 0.05) is 24.0 Å². The summed E-state index contributed by atoms with van der Waals surface area (Å²) in [6.45, 7) is 5.20. The van der Waals surface area contributed by atoms with Crippen LogP contribution in [0.5, 0.6) is 0 Å². The lowest BCUT2D eigenvalue weighted by Gasteiger charge is -2.35. The van der Waals surface area contributed by atoms with Gasteiger partial charge in [-0.3, -0.25) is 4.79 Å². The zero-order valence-corrected chi connectivity index (χ0v) is 13.2. The standard InChI is InChI=1S/C17H24ClNO/c1-13(2)14-6-8-15(9-7-14)17(20)19-12-4-3-5-16(19)10-11-18/h6-9,13,16H,3-5,10-12H2,1-2H3. The lowest BCUT2D eigenvalue weighted by Crippen LogP contribution is -2.43. The second kappa shape index (κ2) is 7.12. The van der Waals surface area contributed by atoms with Gasteiger partial charge in [0.25, 0.3) is 5.91 Å². The Bertz CT molecular complexity index is 439. The van der Waals surface area contributed by atoms with E-state index in [0.29, 0.717) is 17.8 Å². The largest absolute Gasteiger partial charge is 0.336 e. The lowest BCUT2D eigenvalue weighted by atomic mass is 9.97. The van der Waals surface area contributed by atoms with Gasteiger partial charge in [-0.05, 0) is 49.3 Å². The molecule has 0 N–H and O–H groups in total. The molecule has 0 aliphatic carbocycles. The van der Waals surface area contributed by atoms with Gasteiger partial charge in [0.05, 0.1) is 0 Å². The van der Waals surface area contributed by atoms with E-state index in [1.807, 2.05) is 17.0 Å². The van der Waals surface area contributed by atoms with Gasteiger partial charge in [0.1, 0.15) is 0 Å². The number of benzene rings is 1. The first-order valence-electron chi connectivity index (χ1n) is 7.60. The van der Waals surface area contributed by atoms with Gasteiger partial charge in [-0.25, -0.2) is 0 Å². The van der Waals surface area contributed by atoms with Crippen molar-refractivity contribution in [1.29, 1.82) is 0 Å². The molecule has 0 radical (unpaired) electrons. The molecule has 0 bridgehead atoms. The van der Waals surface area contributed by atoms with Gasteiger partial charge in [-0.15, -0.1) is 11.6 Å². The third-order valence-electron chi connectivity index (χ3n) is 4.15. The predicted molar refractivity (Wildman–Crippen MR) is 84.5 cm³/mol. The van der Waals surface area contributed by atoms with E-state index in [9.17, 15) is 4.79 Å². The Balaban J connectivity index is 2.12. The molecule has 1 heterocycles. The molecule has 1 fully saturated rings. The Morgan fingerprint density at radius 1 is 1.30 bits per heavy atom. The molecule has 1 atom stereocenters. The molecule has 2 rings (SSSR count). The molecule has 1 saturated heterocycles. The topological polar surface area (TPSA) is 20.3 Å². The fourth-order valence-corrected chi connectivity index (χ4v) is 3.12. The summed E-state index contributed by atoms with van der Waals surface area (Å²) in [5, 5.41) is 0. The Kier molecular flexibility index (Phi) is 5.47. The van der Waals surface area contributed by atoms with Crippen LogP contribution in [0.4, 0.5) is 0 Å². The molecule has 1 aromatic carbocycles. The van der Waals surface area contributed by atoms with Crippen LogP contribution in [0, 0.1) is 0 Å². The maximum Gasteiger partial charge on any atom is 0.254 e. The number of alkyl halides is 1. The van der Waals surface area contributed by atoms with Crippen molar-refractivity contribution < 1.29 is 4.79 Å². The minimum Gasteiger partial charge on any atom is -0.336 e. The molecule has 1 aliphatic heterocycles. The van der Waals surface area contributed by atoms with E-state index in [2.05, 4.69) is 26.0 Å². The van der Waals surface area contributed by atoms with Crippen molar-refractivity contribution in [3.63, 3.8) is 0 Å². The summed E-state index contributed by atoms with van der Waals surface area (Å²) in [5.41, 5.74) is 2.08. The minimum absolute atomic E-state index is 0.162. The number of hydrogen-bond acceptors (Lipinski definition) is 1. The third-order valence-corrected chi connectivity index (χ3v) is 4.37. The molecule has 0 spiro atoms. The van der Waals surface area contributed by atoms with Gasteiger partial charge in [-0.2, -0.15) is 0 Å². The summed E-state index contributed by atoms with van der Waals surface area (Å²) >= 11 is 5.87. The number of rotatable bonds is 4. The zero-order valence-electron chi connectivity index (χ0n) is 12.4. The molecule has 110 valence electrons. The van der Waals surface area contributed by atoms with Crippen LogP contribution >= 0.6 is 11.6 Å². The average molecular weight is 294 g/mol. The summed E-state index contributed by atoms with van der Waals surface area (Å²) < 4.78 is 0. The minimum atomic E-state index is 0.162. The number of piperidine rings is 1. The van der Waals surface area contributed by atoms with Crippen LogP contribution in [0.25, 0.3) is 0 Å². The van der Waals surface area contributed by atoms with Crippen molar-refractivity contribution in [2.24, 2.45) is 0 Å². The first-order chi connectivity index (χ1) is 9.63. The average Bonchev–Trinajstić information content (AvgIpc) is 2.47. The van der Waals surface area contributed by atoms with Gasteiger partial charge in [0.15, 0.2) is 0 Å². The van der Waals surface area contributed by atoms with E-state index in [-0.39, 0.29) is 5.91 Å². The number of carbonyl (C=O) groups is 1. The fourth-order valence-electron chi connectivity index (χ4n) is 2.87. The lowest BCUT2D eigenvalue weighted by molar-refractivity contribution is 0.0609. The van der Waals surface area contributed by atoms with E-state index in [1.54, 1.807) is 0 Å². The Labute approximate surface area is 127 Å². The number of halogens is 1. The van der Waals surface area contributed by atoms with Crippen LogP contribution < -0.4 is 0 Å². The fraction of sp³-hybridized carbons (Fsp3) is 0.588. The van der Waals surface area contributed by atoms with Gasteiger partial charge >= 0.3 is 0 Å². The van der Waals surface area contributed by atoms with Crippen molar-refractivity contribution in [3.8, 4) is 0 Å². The summed E-state index contributed by atoms with van der Waals surface area (Å²) in [7, 11) is 0. The molecule has 1 aliphatic rings. The van der Waals surface area contributed by atoms with Crippen LogP contribution in [0.2, 0.25) is 0 Å². The van der Waals surface area contributed by atoms with Crippen LogP contribution in [0.15, 0.2) is 24.3 Å². The van der Waals surface area contributed by atoms with Crippen molar-refractivity contribution in [3.05, 3.63) is 35.4 Å². The molecule has 3 heteroatoms. The summed E-state index contributed by atoms with van der Waals surface area (Å²) in [4.78, 5) is 14.7. The highest BCUT2D eigenvalue weighted by molar-refractivity contribution is 6.17. The van der Waals surface area contributed by atoms with Crippen molar-refractivity contribution in [1.82, 2.24) is 4.90 Å². The van der Waals surface area contributed by atoms with Crippen molar-refractivity contribution in [2.75, 3.05) is 12.4 Å². The molecule has 0 aromatic heterocycles. The number of likely N-dealkylation sites (tertiary alicyclic amines) is 1. The van der Waals surface area contributed by atoms with E-state index in [1.165, 1.54) is 12.0 Å². The SMILES string of the molecule is CC(C)c1ccc(C(=O)N2CCCCC2CCCl)cc1. The molecule has 1 unspecified atom stereocenters. The number of nitrogens with zero attached hydrogens (tertiary/aromatic N) is 1. The Morgan fingerprint density at radius 3 is 2.60 bits per heavy atom. The van der Waals surface area contributed by atoms with Crippen LogP contribution in [-0.2, 0) is 0 Å². The Morgan fingerprint density at radius 2 is 2.00 bits per heavy atom. The normalized spacial score (nSPS) is 19.4. The molecular weight excluding hydrogens is 270 g/mol. The molecular formula is C17H24ClNO. The number of amides is 1. The van der Waals surface area contributed by atoms with Gasteiger partial charge in [0.2, 0.25) is 0 Å². The quantitative estimate of drug-likeness (QED) is 0.752. The highest BCUT2D eigenvalue weighted by atomic mass is 35.5. The maximum absolute atomic E-state index is 12.6. The van der Waals surface area contributed by atoms with E-state index in [0.717, 1.165) is 31.4 Å². The molecule has 2 nitrogen and oxygen atoms in total. The molecule has 0 saturated carbocycles. The second-order valence-corrected chi connectivity index (χ2v) is 6.28. The van der Waals surface area contributed by atoms with Crippen LogP contribution in [0.3, 0.4) is 0 Å². The van der Waals surface area contributed by atoms with Gasteiger partial charge in [-0.1, -0.05) is 26.0 Å². The Hall–Kier alpha value is -1.02. The number of carbonyl (C=O) groups excluding carboxylic acids is 1. The highest BCUT2D eigenvalue weighted by Gasteiger charge is 2.26. The van der Waals surface area contributed by atoms with Gasteiger partial charge < -0.3 is 4.90 Å². The first-order valence-corrected chi connectivity index (χ1v) is 8.14. The summed E-state index contributed by atoms with van der Waals surface area (Å²) in [6, 6.07) is 8.38. The zero-order chi connectivity index (χ0) is 14.5. The van der Waals surface area contributed by atoms with Crippen molar-refractivity contribution in [2.45, 2.75) is 51.5 Å². The summed E-state index contributed by atoms with van der Waals surface area (Å²) in [5.74, 6) is 1.29. The molecule has 1 amide bonds. The van der Waals surface area contributed by atoms with Crippen molar-refractivity contribution >= 4 is 17.5 Å². The smallest absolute Gasteiger partial charge is 0.254 e. The van der Waals surface area contributed by atoms with Crippen LogP contribution in [-0.4, -0.2) is 29.3 Å². The second-order valence-electron chi connectivity index (χ2n) is 5.90. The highest BCUT2D eigenvalue weighted by Crippen LogP contribution is 2.23. The third kappa shape index (κ3) is 3.54. The van der Waals surface area contributed by atoms with E-state index in [4.69, 9.17) is 11.6 Å². The van der Waals surface area contributed by atoms with Crippen LogP contribution in [0.1, 0.15) is 61.4 Å². The summed E-state index contributed by atoms with van der Waals surface area (Å²) in [6.07, 6.45) is 4.30. The predicted octanol–water partition coefficient (Wildman–Crippen LogP) is 4.43. The monoisotopic (exact) mass is 293 g/mol. The number of hydrogen-bond donors (Lipinski definition) is 0. The molecule has 20 heavy (non-hydrogen) atoms. The van der Waals surface area contributed by atoms with E-state index < -0.39 is 0 Å². The van der Waals surface area contributed by atoms with E-state index >= 15 is 0 Å². The molecule has 1 aromatic rings. The first kappa shape index (κ1) is 15.4. The maximum atomic E-state index is 12.6.